The molecule has 0 atom stereocenters. The van der Waals surface area contributed by atoms with E-state index >= 15 is 0 Å². The van der Waals surface area contributed by atoms with Crippen molar-refractivity contribution >= 4 is 16.9 Å². The van der Waals surface area contributed by atoms with Crippen LogP contribution in [-0.4, -0.2) is 21.6 Å². The number of aromatic nitrogens is 2. The number of carbonyl (C=O) groups excluding carboxylic acids is 1. The van der Waals surface area contributed by atoms with Crippen LogP contribution in [0.3, 0.4) is 0 Å². The Morgan fingerprint density at radius 3 is 2.36 bits per heavy atom. The maximum atomic E-state index is 12.6. The van der Waals surface area contributed by atoms with E-state index < -0.39 is 0 Å². The second kappa shape index (κ2) is 7.66. The van der Waals surface area contributed by atoms with Gasteiger partial charge in [-0.2, -0.15) is 0 Å². The Kier molecular flexibility index (Phi) is 5.07. The molecule has 146 valence electrons. The summed E-state index contributed by atoms with van der Waals surface area (Å²) in [5, 5.41) is 3.15. The lowest BCUT2D eigenvalue weighted by atomic mass is 9.79. The predicted octanol–water partition coefficient (Wildman–Crippen LogP) is 3.36. The summed E-state index contributed by atoms with van der Waals surface area (Å²) >= 11 is 0. The number of aryl methyl sites for hydroxylation is 2. The number of imidazole rings is 1. The normalized spacial score (nSPS) is 15.8. The molecule has 28 heavy (non-hydrogen) atoms. The van der Waals surface area contributed by atoms with Gasteiger partial charge in [-0.25, -0.2) is 4.79 Å². The van der Waals surface area contributed by atoms with Crippen molar-refractivity contribution in [3.05, 3.63) is 70.6 Å². The van der Waals surface area contributed by atoms with Crippen molar-refractivity contribution in [2.24, 2.45) is 7.05 Å². The lowest BCUT2D eigenvalue weighted by molar-refractivity contribution is -0.121. The molecular formula is C23H27N3O2. The first-order chi connectivity index (χ1) is 13.6. The maximum absolute atomic E-state index is 12.6. The van der Waals surface area contributed by atoms with Crippen molar-refractivity contribution in [3.63, 3.8) is 0 Å². The van der Waals surface area contributed by atoms with Crippen LogP contribution >= 0.6 is 0 Å². The minimum Gasteiger partial charge on any atom is -0.355 e. The van der Waals surface area contributed by atoms with E-state index in [0.29, 0.717) is 19.5 Å². The van der Waals surface area contributed by atoms with Crippen molar-refractivity contribution in [3.8, 4) is 0 Å². The van der Waals surface area contributed by atoms with Crippen LogP contribution in [0.1, 0.15) is 37.7 Å². The van der Waals surface area contributed by atoms with Crippen molar-refractivity contribution in [1.29, 1.82) is 0 Å². The molecule has 0 aliphatic heterocycles. The van der Waals surface area contributed by atoms with Gasteiger partial charge in [0, 0.05) is 32.0 Å². The topological polar surface area (TPSA) is 56.0 Å². The number of nitrogens with zero attached hydrogens (tertiary/aromatic N) is 2. The zero-order chi connectivity index (χ0) is 19.6. The number of amides is 1. The van der Waals surface area contributed by atoms with E-state index in [1.807, 2.05) is 30.3 Å². The molecule has 1 saturated carbocycles. The van der Waals surface area contributed by atoms with Gasteiger partial charge in [-0.05, 0) is 30.5 Å². The number of hydrogen-bond acceptors (Lipinski definition) is 2. The Hall–Kier alpha value is -2.82. The van der Waals surface area contributed by atoms with E-state index in [-0.39, 0.29) is 17.0 Å². The van der Waals surface area contributed by atoms with Gasteiger partial charge < -0.3 is 5.32 Å². The molecule has 1 heterocycles. The molecule has 0 bridgehead atoms. The molecule has 1 fully saturated rings. The third-order valence-electron chi connectivity index (χ3n) is 6.18. The average molecular weight is 377 g/mol. The van der Waals surface area contributed by atoms with E-state index in [9.17, 15) is 9.59 Å². The Labute approximate surface area is 165 Å². The van der Waals surface area contributed by atoms with Gasteiger partial charge in [-0.1, -0.05) is 55.3 Å². The quantitative estimate of drug-likeness (QED) is 0.716. The summed E-state index contributed by atoms with van der Waals surface area (Å²) in [4.78, 5) is 25.1. The third kappa shape index (κ3) is 3.37. The van der Waals surface area contributed by atoms with Gasteiger partial charge in [0.15, 0.2) is 0 Å². The number of nitrogens with one attached hydrogen (secondary N) is 1. The van der Waals surface area contributed by atoms with E-state index in [4.69, 9.17) is 0 Å². The molecule has 1 aliphatic rings. The van der Waals surface area contributed by atoms with Crippen molar-refractivity contribution in [1.82, 2.24) is 14.5 Å². The number of carbonyl (C=O) groups is 1. The van der Waals surface area contributed by atoms with Gasteiger partial charge in [-0.3, -0.25) is 13.9 Å². The average Bonchev–Trinajstić information content (AvgIpc) is 3.31. The molecule has 1 amide bonds. The zero-order valence-electron chi connectivity index (χ0n) is 16.4. The highest BCUT2D eigenvalue weighted by molar-refractivity contribution is 5.78. The number of rotatable bonds is 6. The van der Waals surface area contributed by atoms with Crippen LogP contribution in [0.25, 0.3) is 11.0 Å². The highest BCUT2D eigenvalue weighted by atomic mass is 16.2. The molecular weight excluding hydrogens is 350 g/mol. The van der Waals surface area contributed by atoms with Gasteiger partial charge in [0.25, 0.3) is 0 Å². The molecule has 0 spiro atoms. The summed E-state index contributed by atoms with van der Waals surface area (Å²) in [6, 6.07) is 18.2. The maximum Gasteiger partial charge on any atom is 0.328 e. The highest BCUT2D eigenvalue weighted by Crippen LogP contribution is 2.40. The first-order valence-corrected chi connectivity index (χ1v) is 10.1. The van der Waals surface area contributed by atoms with Crippen LogP contribution < -0.4 is 11.0 Å². The Morgan fingerprint density at radius 2 is 1.64 bits per heavy atom. The van der Waals surface area contributed by atoms with Crippen LogP contribution in [0.15, 0.2) is 59.4 Å². The zero-order valence-corrected chi connectivity index (χ0v) is 16.4. The largest absolute Gasteiger partial charge is 0.355 e. The number of para-hydroxylation sites is 2. The van der Waals surface area contributed by atoms with Crippen molar-refractivity contribution < 1.29 is 4.79 Å². The van der Waals surface area contributed by atoms with Gasteiger partial charge in [0.05, 0.1) is 11.0 Å². The monoisotopic (exact) mass is 377 g/mol. The molecule has 1 aromatic heterocycles. The summed E-state index contributed by atoms with van der Waals surface area (Å²) < 4.78 is 3.33. The van der Waals surface area contributed by atoms with Crippen LogP contribution in [0.2, 0.25) is 0 Å². The lowest BCUT2D eigenvalue weighted by Gasteiger charge is -2.30. The Balaban J connectivity index is 1.43. The SMILES string of the molecule is Cn1c(=O)n(CCC(=O)NCC2(c3ccccc3)CCCC2)c2ccccc21. The van der Waals surface area contributed by atoms with Crippen LogP contribution in [0.5, 0.6) is 0 Å². The molecule has 1 N–H and O–H groups in total. The van der Waals surface area contributed by atoms with Crippen molar-refractivity contribution in [2.45, 2.75) is 44.1 Å². The minimum absolute atomic E-state index is 0.00189. The van der Waals surface area contributed by atoms with Crippen molar-refractivity contribution in [2.75, 3.05) is 6.54 Å². The number of benzene rings is 2. The standard InChI is InChI=1S/C23H27N3O2/c1-25-19-11-5-6-12-20(19)26(22(25)28)16-13-21(27)24-17-23(14-7-8-15-23)18-9-3-2-4-10-18/h2-6,9-12H,7-8,13-17H2,1H3,(H,24,27). The van der Waals surface area contributed by atoms with Crippen LogP contribution in [0.4, 0.5) is 0 Å². The van der Waals surface area contributed by atoms with E-state index in [2.05, 4.69) is 29.6 Å². The Bertz CT molecular complexity index is 1030. The first kappa shape index (κ1) is 18.5. The molecule has 1 aliphatic carbocycles. The molecule has 0 unspecified atom stereocenters. The summed E-state index contributed by atoms with van der Waals surface area (Å²) in [6.45, 7) is 1.06. The fraction of sp³-hybridized carbons (Fsp3) is 0.391. The number of fused-ring (bicyclic) bond motifs is 1. The van der Waals surface area contributed by atoms with Gasteiger partial charge in [0.1, 0.15) is 0 Å². The minimum atomic E-state index is -0.0782. The molecule has 3 aromatic rings. The molecule has 5 heteroatoms. The summed E-state index contributed by atoms with van der Waals surface area (Å²) in [5.41, 5.74) is 3.05. The Morgan fingerprint density at radius 1 is 1.00 bits per heavy atom. The molecule has 0 saturated heterocycles. The van der Waals surface area contributed by atoms with E-state index in [0.717, 1.165) is 23.9 Å². The molecule has 0 radical (unpaired) electrons. The second-order valence-corrected chi connectivity index (χ2v) is 7.86. The predicted molar refractivity (Wildman–Crippen MR) is 111 cm³/mol. The highest BCUT2D eigenvalue weighted by Gasteiger charge is 2.35. The first-order valence-electron chi connectivity index (χ1n) is 10.1. The third-order valence-corrected chi connectivity index (χ3v) is 6.18. The second-order valence-electron chi connectivity index (χ2n) is 7.86. The lowest BCUT2D eigenvalue weighted by Crippen LogP contribution is -2.39. The van der Waals surface area contributed by atoms with E-state index in [1.54, 1.807) is 16.2 Å². The van der Waals surface area contributed by atoms with Gasteiger partial charge in [0.2, 0.25) is 5.91 Å². The molecule has 5 nitrogen and oxygen atoms in total. The summed E-state index contributed by atoms with van der Waals surface area (Å²) in [5.74, 6) is 0.00189. The van der Waals surface area contributed by atoms with Crippen LogP contribution in [-0.2, 0) is 23.8 Å². The van der Waals surface area contributed by atoms with E-state index in [1.165, 1.54) is 18.4 Å². The fourth-order valence-electron chi connectivity index (χ4n) is 4.56. The number of hydrogen-bond donors (Lipinski definition) is 1. The van der Waals surface area contributed by atoms with Gasteiger partial charge in [-0.15, -0.1) is 0 Å². The molecule has 2 aromatic carbocycles. The summed E-state index contributed by atoms with van der Waals surface area (Å²) in [6.07, 6.45) is 4.94. The van der Waals surface area contributed by atoms with Gasteiger partial charge >= 0.3 is 5.69 Å². The molecule has 4 rings (SSSR count). The smallest absolute Gasteiger partial charge is 0.328 e. The fourth-order valence-corrected chi connectivity index (χ4v) is 4.56. The van der Waals surface area contributed by atoms with Crippen LogP contribution in [0, 0.1) is 0 Å². The summed E-state index contributed by atoms with van der Waals surface area (Å²) in [7, 11) is 1.77.